The Labute approximate surface area is 166 Å². The number of nitrogens with zero attached hydrogens (tertiary/aromatic N) is 1. The Kier molecular flexibility index (Phi) is 4.64. The van der Waals surface area contributed by atoms with E-state index in [1.165, 1.54) is 18.2 Å². The summed E-state index contributed by atoms with van der Waals surface area (Å²) in [5, 5.41) is 2.81. The number of ether oxygens (including phenoxy) is 2. The number of fused-ring (bicyclic) bond motifs is 1. The van der Waals surface area contributed by atoms with Crippen LogP contribution in [-0.4, -0.2) is 39.2 Å². The van der Waals surface area contributed by atoms with Gasteiger partial charge < -0.3 is 14.8 Å². The quantitative estimate of drug-likeness (QED) is 0.815. The van der Waals surface area contributed by atoms with Crippen LogP contribution in [0.5, 0.6) is 11.5 Å². The molecule has 146 valence electrons. The number of rotatable bonds is 3. The smallest absolute Gasteiger partial charge is 0.257 e. The minimum absolute atomic E-state index is 0.0453. The summed E-state index contributed by atoms with van der Waals surface area (Å²) >= 11 is 6.13. The van der Waals surface area contributed by atoms with Crippen LogP contribution in [0.4, 0.5) is 11.4 Å². The Hall–Kier alpha value is -2.78. The summed E-state index contributed by atoms with van der Waals surface area (Å²) in [5.74, 6) is -0.250. The molecular weight excluding hydrogens is 408 g/mol. The molecule has 2 amide bonds. The van der Waals surface area contributed by atoms with Gasteiger partial charge in [0.2, 0.25) is 15.9 Å². The summed E-state index contributed by atoms with van der Waals surface area (Å²) in [5.41, 5.74) is 0.587. The van der Waals surface area contributed by atoms with E-state index in [9.17, 15) is 18.0 Å². The molecule has 0 radical (unpaired) electrons. The van der Waals surface area contributed by atoms with Crippen molar-refractivity contribution < 1.29 is 27.5 Å². The minimum atomic E-state index is -3.74. The van der Waals surface area contributed by atoms with Crippen LogP contribution in [-0.2, 0) is 14.8 Å². The van der Waals surface area contributed by atoms with Gasteiger partial charge in [0.1, 0.15) is 13.2 Å². The number of nitrogens with one attached hydrogen (secondary N) is 1. The van der Waals surface area contributed by atoms with Gasteiger partial charge in [0.15, 0.2) is 11.5 Å². The molecule has 0 spiro atoms. The summed E-state index contributed by atoms with van der Waals surface area (Å²) < 4.78 is 35.9. The fraction of sp³-hybridized carbons (Fsp3) is 0.222. The van der Waals surface area contributed by atoms with Gasteiger partial charge in [-0.3, -0.25) is 9.59 Å². The van der Waals surface area contributed by atoms with Gasteiger partial charge in [0.05, 0.1) is 22.0 Å². The molecule has 1 saturated heterocycles. The van der Waals surface area contributed by atoms with Crippen molar-refractivity contribution in [1.82, 2.24) is 0 Å². The third kappa shape index (κ3) is 3.38. The number of sulfonamides is 1. The zero-order valence-corrected chi connectivity index (χ0v) is 16.0. The second kappa shape index (κ2) is 6.99. The zero-order valence-electron chi connectivity index (χ0n) is 14.5. The second-order valence-electron chi connectivity index (χ2n) is 6.20. The lowest BCUT2D eigenvalue weighted by Crippen LogP contribution is -2.29. The highest BCUT2D eigenvalue weighted by Gasteiger charge is 2.36. The maximum absolute atomic E-state index is 12.7. The Bertz CT molecular complexity index is 1090. The molecule has 4 rings (SSSR count). The maximum Gasteiger partial charge on any atom is 0.257 e. The highest BCUT2D eigenvalue weighted by molar-refractivity contribution is 7.94. The molecule has 2 aromatic rings. The van der Waals surface area contributed by atoms with Gasteiger partial charge in [-0.1, -0.05) is 11.6 Å². The summed E-state index contributed by atoms with van der Waals surface area (Å²) in [7, 11) is -3.74. The predicted octanol–water partition coefficient (Wildman–Crippen LogP) is 2.43. The molecule has 28 heavy (non-hydrogen) atoms. The molecule has 0 atom stereocenters. The van der Waals surface area contributed by atoms with E-state index in [1.807, 2.05) is 0 Å². The molecule has 0 saturated carbocycles. The number of halogens is 1. The molecule has 2 heterocycles. The first-order chi connectivity index (χ1) is 13.3. The van der Waals surface area contributed by atoms with Crippen LogP contribution in [0.2, 0.25) is 5.02 Å². The van der Waals surface area contributed by atoms with Crippen LogP contribution in [0.25, 0.3) is 0 Å². The number of amides is 2. The first-order valence-corrected chi connectivity index (χ1v) is 10.4. The highest BCUT2D eigenvalue weighted by Crippen LogP contribution is 2.33. The van der Waals surface area contributed by atoms with Crippen LogP contribution >= 0.6 is 11.6 Å². The normalized spacial score (nSPS) is 17.5. The van der Waals surface area contributed by atoms with Gasteiger partial charge in [-0.25, -0.2) is 12.7 Å². The van der Waals surface area contributed by atoms with Gasteiger partial charge in [0, 0.05) is 18.2 Å². The highest BCUT2D eigenvalue weighted by atomic mass is 35.5. The topological polar surface area (TPSA) is 102 Å². The zero-order chi connectivity index (χ0) is 19.9. The fourth-order valence-corrected chi connectivity index (χ4v) is 4.66. The third-order valence-electron chi connectivity index (χ3n) is 4.31. The van der Waals surface area contributed by atoms with E-state index < -0.39 is 21.8 Å². The van der Waals surface area contributed by atoms with E-state index in [4.69, 9.17) is 21.1 Å². The lowest BCUT2D eigenvalue weighted by atomic mass is 10.1. The van der Waals surface area contributed by atoms with E-state index in [0.717, 1.165) is 0 Å². The van der Waals surface area contributed by atoms with Gasteiger partial charge in [-0.15, -0.1) is 0 Å². The minimum Gasteiger partial charge on any atom is -0.486 e. The molecule has 2 aromatic carbocycles. The van der Waals surface area contributed by atoms with Gasteiger partial charge in [-0.2, -0.15) is 0 Å². The van der Waals surface area contributed by atoms with Crippen LogP contribution in [0.1, 0.15) is 16.8 Å². The standard InChI is InChI=1S/C18H15ClN2O6S/c19-14-3-2-12(21-17(22)5-8-28(21,24)25)10-13(14)18(23)20-11-1-4-15-16(9-11)27-7-6-26-15/h1-4,9-10H,5-8H2,(H,20,23). The molecule has 2 aliphatic rings. The molecule has 0 unspecified atom stereocenters. The Morgan fingerprint density at radius 2 is 1.82 bits per heavy atom. The predicted molar refractivity (Wildman–Crippen MR) is 103 cm³/mol. The Morgan fingerprint density at radius 1 is 1.07 bits per heavy atom. The van der Waals surface area contributed by atoms with Crippen molar-refractivity contribution in [3.63, 3.8) is 0 Å². The molecule has 1 fully saturated rings. The van der Waals surface area contributed by atoms with Crippen molar-refractivity contribution in [3.05, 3.63) is 47.0 Å². The average molecular weight is 423 g/mol. The number of benzene rings is 2. The monoisotopic (exact) mass is 422 g/mol. The number of carbonyl (C=O) groups is 2. The SMILES string of the molecule is O=C(Nc1ccc2c(c1)OCCO2)c1cc(N2C(=O)CCS2(=O)=O)ccc1Cl. The molecular formula is C18H15ClN2O6S. The van der Waals surface area contributed by atoms with Crippen molar-refractivity contribution in [2.75, 3.05) is 28.6 Å². The van der Waals surface area contributed by atoms with Crippen LogP contribution in [0, 0.1) is 0 Å². The molecule has 2 aliphatic heterocycles. The lowest BCUT2D eigenvalue weighted by Gasteiger charge is -2.19. The number of hydrogen-bond donors (Lipinski definition) is 1. The largest absolute Gasteiger partial charge is 0.486 e. The van der Waals surface area contributed by atoms with Crippen molar-refractivity contribution in [1.29, 1.82) is 0 Å². The first kappa shape index (κ1) is 18.6. The molecule has 1 N–H and O–H groups in total. The molecule has 8 nitrogen and oxygen atoms in total. The lowest BCUT2D eigenvalue weighted by molar-refractivity contribution is -0.116. The number of carbonyl (C=O) groups excluding carboxylic acids is 2. The van der Waals surface area contributed by atoms with E-state index in [-0.39, 0.29) is 28.4 Å². The van der Waals surface area contributed by atoms with Gasteiger partial charge in [-0.05, 0) is 30.3 Å². The molecule has 0 aromatic heterocycles. The average Bonchev–Trinajstić information content (AvgIpc) is 2.95. The van der Waals surface area contributed by atoms with E-state index in [2.05, 4.69) is 5.32 Å². The Balaban J connectivity index is 1.62. The second-order valence-corrected chi connectivity index (χ2v) is 8.55. The van der Waals surface area contributed by atoms with Crippen molar-refractivity contribution in [3.8, 4) is 11.5 Å². The third-order valence-corrected chi connectivity index (χ3v) is 6.33. The van der Waals surface area contributed by atoms with Crippen molar-refractivity contribution in [2.45, 2.75) is 6.42 Å². The van der Waals surface area contributed by atoms with Crippen molar-refractivity contribution in [2.24, 2.45) is 0 Å². The fourth-order valence-electron chi connectivity index (χ4n) is 3.00. The number of hydrogen-bond acceptors (Lipinski definition) is 6. The molecule has 0 aliphatic carbocycles. The van der Waals surface area contributed by atoms with Crippen LogP contribution in [0.15, 0.2) is 36.4 Å². The van der Waals surface area contributed by atoms with Gasteiger partial charge >= 0.3 is 0 Å². The molecule has 0 bridgehead atoms. The summed E-state index contributed by atoms with van der Waals surface area (Å²) in [6.45, 7) is 0.871. The van der Waals surface area contributed by atoms with E-state index in [1.54, 1.807) is 18.2 Å². The van der Waals surface area contributed by atoms with E-state index >= 15 is 0 Å². The maximum atomic E-state index is 12.7. The van der Waals surface area contributed by atoms with Crippen LogP contribution in [0.3, 0.4) is 0 Å². The summed E-state index contributed by atoms with van der Waals surface area (Å²) in [6.07, 6.45) is -0.0936. The first-order valence-electron chi connectivity index (χ1n) is 8.41. The summed E-state index contributed by atoms with van der Waals surface area (Å²) in [4.78, 5) is 24.7. The Morgan fingerprint density at radius 3 is 2.54 bits per heavy atom. The molecule has 10 heteroatoms. The number of anilines is 2. The van der Waals surface area contributed by atoms with Crippen molar-refractivity contribution >= 4 is 44.8 Å². The van der Waals surface area contributed by atoms with Gasteiger partial charge in [0.25, 0.3) is 5.91 Å². The van der Waals surface area contributed by atoms with Crippen LogP contribution < -0.4 is 19.1 Å². The summed E-state index contributed by atoms with van der Waals surface area (Å²) in [6, 6.07) is 9.02. The van der Waals surface area contributed by atoms with E-state index in [0.29, 0.717) is 34.7 Å².